The van der Waals surface area contributed by atoms with Crippen molar-refractivity contribution in [1.82, 2.24) is 5.32 Å². The molecule has 3 nitrogen and oxygen atoms in total. The van der Waals surface area contributed by atoms with Gasteiger partial charge < -0.3 is 11.1 Å². The predicted molar refractivity (Wildman–Crippen MR) is 66.8 cm³/mol. The number of amides is 1. The van der Waals surface area contributed by atoms with Gasteiger partial charge >= 0.3 is 0 Å². The summed E-state index contributed by atoms with van der Waals surface area (Å²) in [6, 6.07) is 9.22. The smallest absolute Gasteiger partial charge is 0.251 e. The van der Waals surface area contributed by atoms with Gasteiger partial charge in [-0.2, -0.15) is 0 Å². The normalized spacial score (nSPS) is 16.8. The fourth-order valence-electron chi connectivity index (χ4n) is 1.76. The molecule has 0 aromatic heterocycles. The van der Waals surface area contributed by atoms with Crippen LogP contribution in [0.4, 0.5) is 0 Å². The lowest BCUT2D eigenvalue weighted by atomic mass is 9.78. The van der Waals surface area contributed by atoms with Gasteiger partial charge in [0.05, 0.1) is 0 Å². The Balaban J connectivity index is 0.00000128. The van der Waals surface area contributed by atoms with Crippen LogP contribution in [0.3, 0.4) is 0 Å². The van der Waals surface area contributed by atoms with E-state index in [-0.39, 0.29) is 23.9 Å². The third-order valence-electron chi connectivity index (χ3n) is 2.99. The van der Waals surface area contributed by atoms with E-state index in [0.29, 0.717) is 12.1 Å². The number of halogens is 1. The van der Waals surface area contributed by atoms with E-state index < -0.39 is 0 Å². The second-order valence-electron chi connectivity index (χ2n) is 4.26. The predicted octanol–water partition coefficient (Wildman–Crippen LogP) is 1.72. The van der Waals surface area contributed by atoms with E-state index in [4.69, 9.17) is 5.73 Å². The summed E-state index contributed by atoms with van der Waals surface area (Å²) in [7, 11) is 0. The molecule has 2 rings (SSSR count). The monoisotopic (exact) mass is 240 g/mol. The number of hydrogen-bond donors (Lipinski definition) is 2. The Bertz CT molecular complexity index is 349. The lowest BCUT2D eigenvalue weighted by Crippen LogP contribution is -2.54. The molecule has 1 aliphatic carbocycles. The SMILES string of the molecule is Cl.NC1(CNC(=O)c2ccccc2)CCC1. The number of benzene rings is 1. The van der Waals surface area contributed by atoms with Gasteiger partial charge in [-0.05, 0) is 31.4 Å². The number of carbonyl (C=O) groups is 1. The van der Waals surface area contributed by atoms with E-state index in [1.54, 1.807) is 12.1 Å². The first-order chi connectivity index (χ1) is 7.20. The largest absolute Gasteiger partial charge is 0.350 e. The molecule has 3 N–H and O–H groups in total. The van der Waals surface area contributed by atoms with Crippen LogP contribution in [0.1, 0.15) is 29.6 Å². The number of hydrogen-bond acceptors (Lipinski definition) is 2. The van der Waals surface area contributed by atoms with E-state index in [1.165, 1.54) is 6.42 Å². The minimum Gasteiger partial charge on any atom is -0.350 e. The Labute approximate surface area is 102 Å². The Kier molecular flexibility index (Phi) is 4.33. The summed E-state index contributed by atoms with van der Waals surface area (Å²) < 4.78 is 0. The molecule has 4 heteroatoms. The summed E-state index contributed by atoms with van der Waals surface area (Å²) in [4.78, 5) is 11.7. The van der Waals surface area contributed by atoms with E-state index in [0.717, 1.165) is 12.8 Å². The third kappa shape index (κ3) is 2.97. The van der Waals surface area contributed by atoms with Gasteiger partial charge in [0.1, 0.15) is 0 Å². The summed E-state index contributed by atoms with van der Waals surface area (Å²) in [6.07, 6.45) is 3.21. The molecule has 16 heavy (non-hydrogen) atoms. The van der Waals surface area contributed by atoms with Crippen LogP contribution in [0.25, 0.3) is 0 Å². The minimum atomic E-state index is -0.148. The zero-order valence-corrected chi connectivity index (χ0v) is 9.93. The fraction of sp³-hybridized carbons (Fsp3) is 0.417. The number of nitrogens with one attached hydrogen (secondary N) is 1. The summed E-state index contributed by atoms with van der Waals surface area (Å²) in [5, 5.41) is 2.88. The Morgan fingerprint density at radius 1 is 1.31 bits per heavy atom. The standard InChI is InChI=1S/C12H16N2O.ClH/c13-12(7-4-8-12)9-14-11(15)10-5-2-1-3-6-10;/h1-3,5-6H,4,7-9,13H2,(H,14,15);1H. The number of rotatable bonds is 3. The Morgan fingerprint density at radius 2 is 1.94 bits per heavy atom. The highest BCUT2D eigenvalue weighted by Gasteiger charge is 2.32. The van der Waals surface area contributed by atoms with Crippen molar-refractivity contribution in [2.75, 3.05) is 6.54 Å². The first-order valence-corrected chi connectivity index (χ1v) is 5.32. The molecule has 0 radical (unpaired) electrons. The Hall–Kier alpha value is -1.06. The van der Waals surface area contributed by atoms with Crippen LogP contribution in [-0.2, 0) is 0 Å². The highest BCUT2D eigenvalue weighted by Crippen LogP contribution is 2.28. The van der Waals surface area contributed by atoms with Crippen molar-refractivity contribution in [2.45, 2.75) is 24.8 Å². The Morgan fingerprint density at radius 3 is 2.44 bits per heavy atom. The molecule has 0 atom stereocenters. The van der Waals surface area contributed by atoms with Crippen LogP contribution >= 0.6 is 12.4 Å². The van der Waals surface area contributed by atoms with Crippen molar-refractivity contribution in [3.05, 3.63) is 35.9 Å². The summed E-state index contributed by atoms with van der Waals surface area (Å²) in [5.41, 5.74) is 6.56. The highest BCUT2D eigenvalue weighted by molar-refractivity contribution is 5.94. The summed E-state index contributed by atoms with van der Waals surface area (Å²) >= 11 is 0. The number of carbonyl (C=O) groups excluding carboxylic acids is 1. The lowest BCUT2D eigenvalue weighted by Gasteiger charge is -2.38. The van der Waals surface area contributed by atoms with Crippen molar-refractivity contribution in [2.24, 2.45) is 5.73 Å². The van der Waals surface area contributed by atoms with E-state index in [1.807, 2.05) is 18.2 Å². The highest BCUT2D eigenvalue weighted by atomic mass is 35.5. The van der Waals surface area contributed by atoms with Crippen LogP contribution in [0, 0.1) is 0 Å². The molecule has 1 aliphatic rings. The first-order valence-electron chi connectivity index (χ1n) is 5.32. The van der Waals surface area contributed by atoms with Gasteiger partial charge in [-0.3, -0.25) is 4.79 Å². The van der Waals surface area contributed by atoms with Gasteiger partial charge in [0.15, 0.2) is 0 Å². The average molecular weight is 241 g/mol. The van der Waals surface area contributed by atoms with Gasteiger partial charge in [0.2, 0.25) is 0 Å². The molecule has 0 spiro atoms. The summed E-state index contributed by atoms with van der Waals surface area (Å²) in [6.45, 7) is 0.584. The number of nitrogens with two attached hydrogens (primary N) is 1. The van der Waals surface area contributed by atoms with Gasteiger partial charge in [0.25, 0.3) is 5.91 Å². The molecule has 1 saturated carbocycles. The molecule has 0 heterocycles. The first kappa shape index (κ1) is 13.0. The molecule has 1 aromatic rings. The molecule has 1 aromatic carbocycles. The van der Waals surface area contributed by atoms with Crippen LogP contribution < -0.4 is 11.1 Å². The lowest BCUT2D eigenvalue weighted by molar-refractivity contribution is 0.0930. The van der Waals surface area contributed by atoms with Crippen LogP contribution in [-0.4, -0.2) is 18.0 Å². The minimum absolute atomic E-state index is 0. The quantitative estimate of drug-likeness (QED) is 0.845. The van der Waals surface area contributed by atoms with Crippen molar-refractivity contribution in [1.29, 1.82) is 0 Å². The van der Waals surface area contributed by atoms with E-state index in [9.17, 15) is 4.79 Å². The van der Waals surface area contributed by atoms with Crippen molar-refractivity contribution >= 4 is 18.3 Å². The van der Waals surface area contributed by atoms with Gasteiger partial charge in [-0.1, -0.05) is 18.2 Å². The van der Waals surface area contributed by atoms with Gasteiger partial charge in [-0.25, -0.2) is 0 Å². The fourth-order valence-corrected chi connectivity index (χ4v) is 1.76. The molecule has 1 fully saturated rings. The zero-order chi connectivity index (χ0) is 10.7. The van der Waals surface area contributed by atoms with Crippen LogP contribution in [0.2, 0.25) is 0 Å². The summed E-state index contributed by atoms with van der Waals surface area (Å²) in [5.74, 6) is -0.0349. The molecule has 1 amide bonds. The molecule has 88 valence electrons. The molecule has 0 bridgehead atoms. The van der Waals surface area contributed by atoms with Crippen LogP contribution in [0.5, 0.6) is 0 Å². The maximum absolute atomic E-state index is 11.7. The molecule has 0 aliphatic heterocycles. The molecular formula is C12H17ClN2O. The van der Waals surface area contributed by atoms with Gasteiger partial charge in [-0.15, -0.1) is 12.4 Å². The van der Waals surface area contributed by atoms with Crippen LogP contribution in [0.15, 0.2) is 30.3 Å². The maximum Gasteiger partial charge on any atom is 0.251 e. The zero-order valence-electron chi connectivity index (χ0n) is 9.11. The average Bonchev–Trinajstić information content (AvgIpc) is 2.24. The second kappa shape index (κ2) is 5.32. The second-order valence-corrected chi connectivity index (χ2v) is 4.26. The van der Waals surface area contributed by atoms with E-state index >= 15 is 0 Å². The van der Waals surface area contributed by atoms with Crippen molar-refractivity contribution < 1.29 is 4.79 Å². The molecule has 0 unspecified atom stereocenters. The maximum atomic E-state index is 11.7. The van der Waals surface area contributed by atoms with Crippen molar-refractivity contribution in [3.63, 3.8) is 0 Å². The van der Waals surface area contributed by atoms with Crippen molar-refractivity contribution in [3.8, 4) is 0 Å². The topological polar surface area (TPSA) is 55.1 Å². The molecule has 0 saturated heterocycles. The van der Waals surface area contributed by atoms with E-state index in [2.05, 4.69) is 5.32 Å². The van der Waals surface area contributed by atoms with Gasteiger partial charge in [0, 0.05) is 17.6 Å². The third-order valence-corrected chi connectivity index (χ3v) is 2.99. The molecular weight excluding hydrogens is 224 g/mol.